The number of nitrogens with one attached hydrogen (secondary N) is 1. The molecule has 1 N–H and O–H groups in total. The van der Waals surface area contributed by atoms with Gasteiger partial charge in [-0.15, -0.1) is 0 Å². The summed E-state index contributed by atoms with van der Waals surface area (Å²) in [5, 5.41) is 2.92. The zero-order chi connectivity index (χ0) is 19.5. The Morgan fingerprint density at radius 2 is 1.79 bits per heavy atom. The average Bonchev–Trinajstić information content (AvgIpc) is 3.43. The van der Waals surface area contributed by atoms with Crippen LogP contribution in [0.3, 0.4) is 0 Å². The van der Waals surface area contributed by atoms with Gasteiger partial charge in [0.25, 0.3) is 5.91 Å². The first-order valence-electron chi connectivity index (χ1n) is 10.3. The summed E-state index contributed by atoms with van der Waals surface area (Å²) in [6.07, 6.45) is 6.34. The fourth-order valence-electron chi connectivity index (χ4n) is 4.62. The van der Waals surface area contributed by atoms with Crippen LogP contribution >= 0.6 is 0 Å². The van der Waals surface area contributed by atoms with E-state index in [0.29, 0.717) is 44.5 Å². The number of amides is 3. The summed E-state index contributed by atoms with van der Waals surface area (Å²) in [5.74, 6) is 0.148. The van der Waals surface area contributed by atoms with Gasteiger partial charge in [0.05, 0.1) is 18.7 Å². The molecule has 28 heavy (non-hydrogen) atoms. The van der Waals surface area contributed by atoms with E-state index in [1.54, 1.807) is 21.9 Å². The van der Waals surface area contributed by atoms with Gasteiger partial charge in [0, 0.05) is 45.3 Å². The Balaban J connectivity index is 1.33. The second-order valence-electron chi connectivity index (χ2n) is 7.84. The van der Waals surface area contributed by atoms with Crippen molar-refractivity contribution in [1.29, 1.82) is 0 Å². The fourth-order valence-corrected chi connectivity index (χ4v) is 4.62. The summed E-state index contributed by atoms with van der Waals surface area (Å²) in [6, 6.07) is 3.40. The van der Waals surface area contributed by atoms with Crippen molar-refractivity contribution >= 4 is 17.7 Å². The van der Waals surface area contributed by atoms with Crippen molar-refractivity contribution in [2.24, 2.45) is 0 Å². The molecule has 8 nitrogen and oxygen atoms in total. The van der Waals surface area contributed by atoms with Crippen LogP contribution in [0.5, 0.6) is 0 Å². The summed E-state index contributed by atoms with van der Waals surface area (Å²) in [6.45, 7) is 3.42. The summed E-state index contributed by atoms with van der Waals surface area (Å²) in [5.41, 5.74) is 0. The Labute approximate surface area is 164 Å². The lowest BCUT2D eigenvalue weighted by Crippen LogP contribution is -2.60. The number of nitrogens with zero attached hydrogens (tertiary/aromatic N) is 3. The third-order valence-corrected chi connectivity index (χ3v) is 6.19. The van der Waals surface area contributed by atoms with E-state index in [0.717, 1.165) is 19.4 Å². The molecule has 0 aromatic carbocycles. The van der Waals surface area contributed by atoms with E-state index < -0.39 is 0 Å². The molecule has 1 aromatic rings. The monoisotopic (exact) mass is 388 g/mol. The number of rotatable bonds is 4. The van der Waals surface area contributed by atoms with Crippen LogP contribution in [0.25, 0.3) is 0 Å². The Hall–Kier alpha value is -2.35. The summed E-state index contributed by atoms with van der Waals surface area (Å²) in [4.78, 5) is 43.4. The topological polar surface area (TPSA) is 86.1 Å². The quantitative estimate of drug-likeness (QED) is 0.821. The average molecular weight is 388 g/mol. The maximum atomic E-state index is 12.9. The summed E-state index contributed by atoms with van der Waals surface area (Å²) in [7, 11) is 0. The van der Waals surface area contributed by atoms with Crippen LogP contribution in [0.15, 0.2) is 22.8 Å². The number of hydrogen-bond acceptors (Lipinski definition) is 5. The molecule has 2 saturated heterocycles. The first-order valence-corrected chi connectivity index (χ1v) is 10.3. The van der Waals surface area contributed by atoms with Gasteiger partial charge in [-0.3, -0.25) is 19.3 Å². The van der Waals surface area contributed by atoms with Crippen LogP contribution in [-0.4, -0.2) is 83.8 Å². The lowest BCUT2D eigenvalue weighted by molar-refractivity contribution is -0.140. The maximum Gasteiger partial charge on any atom is 0.289 e. The van der Waals surface area contributed by atoms with Gasteiger partial charge in [-0.25, -0.2) is 0 Å². The van der Waals surface area contributed by atoms with Gasteiger partial charge in [-0.05, 0) is 25.0 Å². The highest BCUT2D eigenvalue weighted by atomic mass is 16.3. The van der Waals surface area contributed by atoms with Gasteiger partial charge in [0.1, 0.15) is 0 Å². The third kappa shape index (κ3) is 3.92. The molecule has 3 amide bonds. The van der Waals surface area contributed by atoms with Gasteiger partial charge in [-0.1, -0.05) is 12.8 Å². The molecule has 3 aliphatic rings. The molecule has 152 valence electrons. The molecular weight excluding hydrogens is 360 g/mol. The Bertz CT molecular complexity index is 706. The van der Waals surface area contributed by atoms with Crippen LogP contribution in [0.1, 0.15) is 42.7 Å². The highest BCUT2D eigenvalue weighted by molar-refractivity contribution is 5.92. The van der Waals surface area contributed by atoms with Crippen molar-refractivity contribution in [2.45, 2.75) is 44.2 Å². The molecule has 3 fully saturated rings. The van der Waals surface area contributed by atoms with Crippen molar-refractivity contribution in [3.05, 3.63) is 24.2 Å². The maximum absolute atomic E-state index is 12.9. The minimum Gasteiger partial charge on any atom is -0.459 e. The standard InChI is InChI=1S/C20H28N4O4/c25-18(14-16-19(26)21-7-8-24(16)15-4-1-2-5-15)22-9-11-23(12-10-22)20(27)17-6-3-13-28-17/h3,6,13,15-16H,1-2,4-5,7-12,14H2,(H,21,26). The number of carbonyl (C=O) groups excluding carboxylic acids is 3. The smallest absolute Gasteiger partial charge is 0.289 e. The highest BCUT2D eigenvalue weighted by Gasteiger charge is 2.38. The van der Waals surface area contributed by atoms with Crippen LogP contribution in [0.4, 0.5) is 0 Å². The first kappa shape index (κ1) is 19.0. The zero-order valence-electron chi connectivity index (χ0n) is 16.1. The van der Waals surface area contributed by atoms with Crippen molar-refractivity contribution < 1.29 is 18.8 Å². The van der Waals surface area contributed by atoms with E-state index in [1.807, 2.05) is 0 Å². The molecule has 0 radical (unpaired) electrons. The molecule has 8 heteroatoms. The summed E-state index contributed by atoms with van der Waals surface area (Å²) >= 11 is 0. The Morgan fingerprint density at radius 1 is 1.07 bits per heavy atom. The largest absolute Gasteiger partial charge is 0.459 e. The van der Waals surface area contributed by atoms with Crippen molar-refractivity contribution in [3.8, 4) is 0 Å². The van der Waals surface area contributed by atoms with E-state index in [4.69, 9.17) is 4.42 Å². The van der Waals surface area contributed by atoms with Crippen LogP contribution < -0.4 is 5.32 Å². The molecule has 1 aliphatic carbocycles. The molecule has 4 rings (SSSR count). The molecule has 1 unspecified atom stereocenters. The number of carbonyl (C=O) groups is 3. The second-order valence-corrected chi connectivity index (χ2v) is 7.84. The van der Waals surface area contributed by atoms with Gasteiger partial charge >= 0.3 is 0 Å². The van der Waals surface area contributed by atoms with E-state index in [-0.39, 0.29) is 30.2 Å². The molecular formula is C20H28N4O4. The molecule has 0 spiro atoms. The van der Waals surface area contributed by atoms with Crippen LogP contribution in [0, 0.1) is 0 Å². The highest BCUT2D eigenvalue weighted by Crippen LogP contribution is 2.27. The molecule has 2 aliphatic heterocycles. The van der Waals surface area contributed by atoms with Gasteiger partial charge < -0.3 is 19.5 Å². The van der Waals surface area contributed by atoms with Crippen LogP contribution in [-0.2, 0) is 9.59 Å². The fraction of sp³-hybridized carbons (Fsp3) is 0.650. The van der Waals surface area contributed by atoms with E-state index in [9.17, 15) is 14.4 Å². The first-order chi connectivity index (χ1) is 13.6. The molecule has 1 saturated carbocycles. The van der Waals surface area contributed by atoms with Crippen molar-refractivity contribution in [1.82, 2.24) is 20.0 Å². The summed E-state index contributed by atoms with van der Waals surface area (Å²) < 4.78 is 5.17. The predicted molar refractivity (Wildman–Crippen MR) is 102 cm³/mol. The second kappa shape index (κ2) is 8.34. The van der Waals surface area contributed by atoms with Crippen molar-refractivity contribution in [3.63, 3.8) is 0 Å². The molecule has 0 bridgehead atoms. The van der Waals surface area contributed by atoms with E-state index >= 15 is 0 Å². The van der Waals surface area contributed by atoms with Gasteiger partial charge in [0.15, 0.2) is 5.76 Å². The molecule has 1 atom stereocenters. The molecule has 3 heterocycles. The lowest BCUT2D eigenvalue weighted by Gasteiger charge is -2.40. The van der Waals surface area contributed by atoms with Crippen molar-refractivity contribution in [2.75, 3.05) is 39.3 Å². The minimum absolute atomic E-state index is 0.00450. The van der Waals surface area contributed by atoms with E-state index in [1.165, 1.54) is 19.1 Å². The third-order valence-electron chi connectivity index (χ3n) is 6.19. The van der Waals surface area contributed by atoms with Gasteiger partial charge in [-0.2, -0.15) is 0 Å². The normalized spacial score (nSPS) is 24.4. The zero-order valence-corrected chi connectivity index (χ0v) is 16.1. The number of hydrogen-bond donors (Lipinski definition) is 1. The molecule has 1 aromatic heterocycles. The lowest BCUT2D eigenvalue weighted by atomic mass is 10.0. The minimum atomic E-state index is -0.368. The van der Waals surface area contributed by atoms with Gasteiger partial charge in [0.2, 0.25) is 11.8 Å². The Kier molecular flexibility index (Phi) is 5.66. The van der Waals surface area contributed by atoms with E-state index in [2.05, 4.69) is 10.2 Å². The van der Waals surface area contributed by atoms with Crippen LogP contribution in [0.2, 0.25) is 0 Å². The Morgan fingerprint density at radius 3 is 2.46 bits per heavy atom. The SMILES string of the molecule is O=C1NCCN(C2CCCC2)C1CC(=O)N1CCN(C(=O)c2ccco2)CC1. The number of piperazine rings is 2. The predicted octanol–water partition coefficient (Wildman–Crippen LogP) is 0.697. The number of furan rings is 1.